The molecule has 142 valence electrons. The van der Waals surface area contributed by atoms with Crippen LogP contribution in [0.4, 0.5) is 11.4 Å². The van der Waals surface area contributed by atoms with Crippen LogP contribution in [0.5, 0.6) is 0 Å². The maximum Gasteiger partial charge on any atom is 0.255 e. The van der Waals surface area contributed by atoms with E-state index >= 15 is 0 Å². The van der Waals surface area contributed by atoms with Gasteiger partial charge in [0, 0.05) is 35.6 Å². The van der Waals surface area contributed by atoms with Gasteiger partial charge in [-0.25, -0.2) is 4.98 Å². The standard InChI is InChI=1S/C20H19N5O3/c1-13-15(20(28)23-12-22-13)6-7-18(26)24-16-4-2-3-5-17(16)25-19(27)14-8-10-21-11-9-14/h2-5,8-12H,6-7H2,1H3,(H,24,26)(H,25,27)(H,22,23,28). The Bertz CT molecular complexity index is 1050. The summed E-state index contributed by atoms with van der Waals surface area (Å²) in [6.07, 6.45) is 4.78. The Morgan fingerprint density at radius 2 is 1.71 bits per heavy atom. The number of nitrogens with one attached hydrogen (secondary N) is 3. The van der Waals surface area contributed by atoms with E-state index in [2.05, 4.69) is 25.6 Å². The second-order valence-electron chi connectivity index (χ2n) is 6.08. The van der Waals surface area contributed by atoms with Gasteiger partial charge in [0.2, 0.25) is 5.91 Å². The molecule has 0 unspecified atom stereocenters. The first-order valence-electron chi connectivity index (χ1n) is 8.68. The van der Waals surface area contributed by atoms with E-state index in [4.69, 9.17) is 0 Å². The number of aromatic amines is 1. The molecule has 0 bridgehead atoms. The molecule has 3 rings (SSSR count). The van der Waals surface area contributed by atoms with Crippen molar-refractivity contribution >= 4 is 23.2 Å². The van der Waals surface area contributed by atoms with Crippen LogP contribution in [0.15, 0.2) is 59.9 Å². The number of rotatable bonds is 6. The number of pyridine rings is 1. The molecule has 2 heterocycles. The van der Waals surface area contributed by atoms with Gasteiger partial charge in [0.1, 0.15) is 0 Å². The molecular formula is C20H19N5O3. The molecule has 0 radical (unpaired) electrons. The zero-order chi connectivity index (χ0) is 19.9. The minimum Gasteiger partial charge on any atom is -0.324 e. The summed E-state index contributed by atoms with van der Waals surface area (Å²) in [5.74, 6) is -0.574. The van der Waals surface area contributed by atoms with Crippen molar-refractivity contribution in [3.8, 4) is 0 Å². The lowest BCUT2D eigenvalue weighted by atomic mass is 10.1. The molecule has 0 saturated carbocycles. The molecule has 8 heteroatoms. The molecule has 0 saturated heterocycles. The fourth-order valence-electron chi connectivity index (χ4n) is 2.66. The van der Waals surface area contributed by atoms with Gasteiger partial charge in [-0.1, -0.05) is 12.1 Å². The molecule has 0 atom stereocenters. The van der Waals surface area contributed by atoms with Crippen molar-refractivity contribution in [2.75, 3.05) is 10.6 Å². The van der Waals surface area contributed by atoms with Gasteiger partial charge in [0.15, 0.2) is 0 Å². The highest BCUT2D eigenvalue weighted by molar-refractivity contribution is 6.07. The third kappa shape index (κ3) is 4.67. The molecule has 3 aromatic rings. The Labute approximate surface area is 161 Å². The van der Waals surface area contributed by atoms with Crippen LogP contribution in [0.25, 0.3) is 0 Å². The van der Waals surface area contributed by atoms with Gasteiger partial charge < -0.3 is 15.6 Å². The SMILES string of the molecule is Cc1nc[nH]c(=O)c1CCC(=O)Nc1ccccc1NC(=O)c1ccncc1. The van der Waals surface area contributed by atoms with Crippen molar-refractivity contribution in [1.82, 2.24) is 15.0 Å². The van der Waals surface area contributed by atoms with E-state index in [9.17, 15) is 14.4 Å². The lowest BCUT2D eigenvalue weighted by Gasteiger charge is -2.12. The number of hydrogen-bond donors (Lipinski definition) is 3. The Morgan fingerprint density at radius 3 is 2.39 bits per heavy atom. The van der Waals surface area contributed by atoms with E-state index in [-0.39, 0.29) is 30.2 Å². The minimum absolute atomic E-state index is 0.113. The maximum absolute atomic E-state index is 12.4. The fourth-order valence-corrected chi connectivity index (χ4v) is 2.66. The van der Waals surface area contributed by atoms with Crippen LogP contribution in [-0.4, -0.2) is 26.8 Å². The summed E-state index contributed by atoms with van der Waals surface area (Å²) in [6.45, 7) is 1.73. The molecule has 28 heavy (non-hydrogen) atoms. The van der Waals surface area contributed by atoms with Gasteiger partial charge in [-0.05, 0) is 37.6 Å². The zero-order valence-corrected chi connectivity index (χ0v) is 15.2. The monoisotopic (exact) mass is 377 g/mol. The number of aryl methyl sites for hydroxylation is 1. The molecule has 0 aliphatic carbocycles. The summed E-state index contributed by atoms with van der Waals surface area (Å²) in [4.78, 5) is 47.0. The highest BCUT2D eigenvalue weighted by atomic mass is 16.2. The molecule has 0 aliphatic rings. The second-order valence-corrected chi connectivity index (χ2v) is 6.08. The smallest absolute Gasteiger partial charge is 0.255 e. The van der Waals surface area contributed by atoms with Crippen molar-refractivity contribution in [2.45, 2.75) is 19.8 Å². The first kappa shape index (κ1) is 19.0. The summed E-state index contributed by atoms with van der Waals surface area (Å²) in [5, 5.41) is 5.56. The van der Waals surface area contributed by atoms with E-state index in [1.807, 2.05) is 0 Å². The van der Waals surface area contributed by atoms with Gasteiger partial charge >= 0.3 is 0 Å². The van der Waals surface area contributed by atoms with E-state index in [1.54, 1.807) is 43.3 Å². The Balaban J connectivity index is 1.67. The maximum atomic E-state index is 12.4. The summed E-state index contributed by atoms with van der Waals surface area (Å²) < 4.78 is 0. The van der Waals surface area contributed by atoms with Gasteiger partial charge in [-0.2, -0.15) is 0 Å². The lowest BCUT2D eigenvalue weighted by Crippen LogP contribution is -2.20. The Morgan fingerprint density at radius 1 is 1.04 bits per heavy atom. The second kappa shape index (κ2) is 8.72. The molecule has 8 nitrogen and oxygen atoms in total. The van der Waals surface area contributed by atoms with Crippen LogP contribution in [0, 0.1) is 6.92 Å². The van der Waals surface area contributed by atoms with Crippen LogP contribution in [-0.2, 0) is 11.2 Å². The molecule has 0 spiro atoms. The quantitative estimate of drug-likeness (QED) is 0.609. The fraction of sp³-hybridized carbons (Fsp3) is 0.150. The predicted molar refractivity (Wildman–Crippen MR) is 105 cm³/mol. The Kier molecular flexibility index (Phi) is 5.91. The minimum atomic E-state index is -0.304. The third-order valence-electron chi connectivity index (χ3n) is 4.16. The van der Waals surface area contributed by atoms with Crippen LogP contribution in [0.3, 0.4) is 0 Å². The number of carbonyl (C=O) groups is 2. The molecule has 0 aliphatic heterocycles. The predicted octanol–water partition coefficient (Wildman–Crippen LogP) is 2.30. The first-order valence-corrected chi connectivity index (χ1v) is 8.68. The highest BCUT2D eigenvalue weighted by Crippen LogP contribution is 2.22. The lowest BCUT2D eigenvalue weighted by molar-refractivity contribution is -0.116. The van der Waals surface area contributed by atoms with Gasteiger partial charge in [-0.3, -0.25) is 19.4 Å². The number of H-pyrrole nitrogens is 1. The van der Waals surface area contributed by atoms with Crippen LogP contribution in [0.1, 0.15) is 28.0 Å². The molecular weight excluding hydrogens is 358 g/mol. The van der Waals surface area contributed by atoms with Crippen LogP contribution >= 0.6 is 0 Å². The topological polar surface area (TPSA) is 117 Å². The number of hydrogen-bond acceptors (Lipinski definition) is 5. The largest absolute Gasteiger partial charge is 0.324 e. The average molecular weight is 377 g/mol. The Hall–Kier alpha value is -3.81. The van der Waals surface area contributed by atoms with Crippen molar-refractivity contribution < 1.29 is 9.59 Å². The molecule has 2 aromatic heterocycles. The number of carbonyl (C=O) groups excluding carboxylic acids is 2. The number of aromatic nitrogens is 3. The van der Waals surface area contributed by atoms with Gasteiger partial charge in [0.25, 0.3) is 11.5 Å². The number of para-hydroxylation sites is 2. The summed E-state index contributed by atoms with van der Waals surface area (Å²) in [7, 11) is 0. The first-order chi connectivity index (χ1) is 13.5. The number of benzene rings is 1. The summed E-state index contributed by atoms with van der Waals surface area (Å²) in [5.41, 5.74) is 2.26. The number of amides is 2. The van der Waals surface area contributed by atoms with Gasteiger partial charge in [0.05, 0.1) is 17.7 Å². The van der Waals surface area contributed by atoms with E-state index in [1.165, 1.54) is 18.7 Å². The highest BCUT2D eigenvalue weighted by Gasteiger charge is 2.12. The normalized spacial score (nSPS) is 10.3. The zero-order valence-electron chi connectivity index (χ0n) is 15.2. The van der Waals surface area contributed by atoms with E-state index < -0.39 is 0 Å². The molecule has 2 amide bonds. The van der Waals surface area contributed by atoms with Crippen molar-refractivity contribution in [2.24, 2.45) is 0 Å². The molecule has 0 fully saturated rings. The van der Waals surface area contributed by atoms with Crippen molar-refractivity contribution in [3.05, 3.63) is 82.3 Å². The summed E-state index contributed by atoms with van der Waals surface area (Å²) in [6, 6.07) is 10.1. The molecule has 3 N–H and O–H groups in total. The van der Waals surface area contributed by atoms with Crippen molar-refractivity contribution in [3.63, 3.8) is 0 Å². The van der Waals surface area contributed by atoms with E-state index in [0.717, 1.165) is 0 Å². The van der Waals surface area contributed by atoms with E-state index in [0.29, 0.717) is 28.2 Å². The summed E-state index contributed by atoms with van der Waals surface area (Å²) >= 11 is 0. The number of nitrogens with zero attached hydrogens (tertiary/aromatic N) is 2. The van der Waals surface area contributed by atoms with Crippen LogP contribution in [0.2, 0.25) is 0 Å². The molecule has 1 aromatic carbocycles. The average Bonchev–Trinajstić information content (AvgIpc) is 2.70. The van der Waals surface area contributed by atoms with Gasteiger partial charge in [-0.15, -0.1) is 0 Å². The third-order valence-corrected chi connectivity index (χ3v) is 4.16. The number of anilines is 2. The van der Waals surface area contributed by atoms with Crippen LogP contribution < -0.4 is 16.2 Å². The van der Waals surface area contributed by atoms with Crippen molar-refractivity contribution in [1.29, 1.82) is 0 Å².